The van der Waals surface area contributed by atoms with Crippen molar-refractivity contribution in [1.82, 2.24) is 14.9 Å². The van der Waals surface area contributed by atoms with Crippen molar-refractivity contribution in [2.24, 2.45) is 0 Å². The minimum Gasteiger partial charge on any atom is -0.352 e. The predicted octanol–water partition coefficient (Wildman–Crippen LogP) is 2.22. The van der Waals surface area contributed by atoms with Gasteiger partial charge in [-0.05, 0) is 26.9 Å². The average Bonchev–Trinajstić information content (AvgIpc) is 2.49. The third kappa shape index (κ3) is 3.12. The minimum atomic E-state index is 0.452. The van der Waals surface area contributed by atoms with Crippen LogP contribution < -0.4 is 4.90 Å². The van der Waals surface area contributed by atoms with Crippen molar-refractivity contribution in [2.45, 2.75) is 32.7 Å². The second-order valence-electron chi connectivity index (χ2n) is 4.98. The summed E-state index contributed by atoms with van der Waals surface area (Å²) in [5.41, 5.74) is 0. The molecule has 1 unspecified atom stereocenters. The van der Waals surface area contributed by atoms with Crippen molar-refractivity contribution in [3.8, 4) is 0 Å². The first-order valence-electron chi connectivity index (χ1n) is 6.58. The van der Waals surface area contributed by atoms with E-state index in [1.165, 1.54) is 0 Å². The van der Waals surface area contributed by atoms with Crippen LogP contribution in [0.2, 0.25) is 5.15 Å². The molecule has 1 aromatic rings. The zero-order valence-electron chi connectivity index (χ0n) is 11.4. The Hall–Kier alpha value is -0.870. The molecular weight excluding hydrogens is 248 g/mol. The second-order valence-corrected chi connectivity index (χ2v) is 5.36. The second kappa shape index (κ2) is 5.85. The van der Waals surface area contributed by atoms with Crippen LogP contribution in [0, 0.1) is 0 Å². The van der Waals surface area contributed by atoms with Gasteiger partial charge >= 0.3 is 0 Å². The monoisotopic (exact) mass is 268 g/mol. The number of likely N-dealkylation sites (N-methyl/N-ethyl adjacent to an activating group) is 1. The first-order valence-corrected chi connectivity index (χ1v) is 6.96. The van der Waals surface area contributed by atoms with E-state index >= 15 is 0 Å². The van der Waals surface area contributed by atoms with Gasteiger partial charge in [0.2, 0.25) is 0 Å². The molecule has 1 saturated heterocycles. The number of anilines is 1. The van der Waals surface area contributed by atoms with E-state index in [4.69, 9.17) is 11.6 Å². The van der Waals surface area contributed by atoms with Crippen LogP contribution in [0.15, 0.2) is 6.07 Å². The first kappa shape index (κ1) is 13.6. The molecule has 1 aliphatic heterocycles. The number of aryl methyl sites for hydroxylation is 1. The van der Waals surface area contributed by atoms with E-state index in [1.807, 2.05) is 6.07 Å². The highest BCUT2D eigenvalue weighted by Gasteiger charge is 2.21. The number of hydrogen-bond donors (Lipinski definition) is 0. The fourth-order valence-corrected chi connectivity index (χ4v) is 2.66. The van der Waals surface area contributed by atoms with Crippen LogP contribution in [-0.2, 0) is 6.42 Å². The Morgan fingerprint density at radius 3 is 2.89 bits per heavy atom. The zero-order valence-corrected chi connectivity index (χ0v) is 12.1. The van der Waals surface area contributed by atoms with Gasteiger partial charge in [-0.3, -0.25) is 0 Å². The van der Waals surface area contributed by atoms with Crippen LogP contribution in [0.1, 0.15) is 26.1 Å². The summed E-state index contributed by atoms with van der Waals surface area (Å²) in [6, 6.07) is 2.33. The summed E-state index contributed by atoms with van der Waals surface area (Å²) in [7, 11) is 2.17. The maximum absolute atomic E-state index is 6.08. The number of nitrogens with zero attached hydrogens (tertiary/aromatic N) is 4. The van der Waals surface area contributed by atoms with E-state index in [1.54, 1.807) is 0 Å². The Morgan fingerprint density at radius 1 is 1.39 bits per heavy atom. The average molecular weight is 269 g/mol. The molecule has 0 saturated carbocycles. The summed E-state index contributed by atoms with van der Waals surface area (Å²) in [6.07, 6.45) is 1.97. The molecule has 1 fully saturated rings. The molecule has 0 aromatic carbocycles. The fourth-order valence-electron chi connectivity index (χ4n) is 2.47. The normalized spacial score (nSPS) is 22.0. The molecule has 0 aliphatic carbocycles. The van der Waals surface area contributed by atoms with Crippen molar-refractivity contribution >= 4 is 17.4 Å². The largest absolute Gasteiger partial charge is 0.352 e. The van der Waals surface area contributed by atoms with Crippen LogP contribution in [0.25, 0.3) is 0 Å². The lowest BCUT2D eigenvalue weighted by Crippen LogP contribution is -2.38. The molecule has 0 spiro atoms. The maximum atomic E-state index is 6.08. The summed E-state index contributed by atoms with van der Waals surface area (Å²) in [6.45, 7) is 7.52. The Bertz CT molecular complexity index is 410. The molecule has 1 aliphatic rings. The summed E-state index contributed by atoms with van der Waals surface area (Å²) >= 11 is 6.08. The molecule has 5 heteroatoms. The molecular formula is C13H21ClN4. The van der Waals surface area contributed by atoms with E-state index in [-0.39, 0.29) is 0 Å². The molecule has 1 aromatic heterocycles. The van der Waals surface area contributed by atoms with E-state index in [9.17, 15) is 0 Å². The minimum absolute atomic E-state index is 0.452. The molecule has 4 nitrogen and oxygen atoms in total. The van der Waals surface area contributed by atoms with Crippen LogP contribution in [0.5, 0.6) is 0 Å². The molecule has 0 radical (unpaired) electrons. The summed E-state index contributed by atoms with van der Waals surface area (Å²) in [5.74, 6) is 1.79. The number of halogens is 1. The molecule has 18 heavy (non-hydrogen) atoms. The fraction of sp³-hybridized carbons (Fsp3) is 0.692. The van der Waals surface area contributed by atoms with Gasteiger partial charge in [-0.15, -0.1) is 0 Å². The van der Waals surface area contributed by atoms with E-state index in [2.05, 4.69) is 40.7 Å². The third-order valence-electron chi connectivity index (χ3n) is 3.38. The predicted molar refractivity (Wildman–Crippen MR) is 75.3 cm³/mol. The molecule has 0 bridgehead atoms. The highest BCUT2D eigenvalue weighted by atomic mass is 35.5. The molecule has 2 heterocycles. The Balaban J connectivity index is 2.26. The molecule has 100 valence electrons. The van der Waals surface area contributed by atoms with Gasteiger partial charge in [0.05, 0.1) is 0 Å². The number of hydrogen-bond acceptors (Lipinski definition) is 4. The van der Waals surface area contributed by atoms with Gasteiger partial charge < -0.3 is 9.80 Å². The van der Waals surface area contributed by atoms with E-state index in [0.29, 0.717) is 11.2 Å². The zero-order chi connectivity index (χ0) is 13.1. The van der Waals surface area contributed by atoms with Crippen LogP contribution >= 0.6 is 11.6 Å². The van der Waals surface area contributed by atoms with Gasteiger partial charge in [-0.2, -0.15) is 0 Å². The smallest absolute Gasteiger partial charge is 0.134 e. The topological polar surface area (TPSA) is 32.3 Å². The van der Waals surface area contributed by atoms with Gasteiger partial charge in [-0.1, -0.05) is 18.5 Å². The molecule has 0 N–H and O–H groups in total. The molecule has 1 atom stereocenters. The lowest BCUT2D eigenvalue weighted by molar-refractivity contribution is 0.337. The summed E-state index contributed by atoms with van der Waals surface area (Å²) in [4.78, 5) is 13.5. The van der Waals surface area contributed by atoms with Crippen LogP contribution in [0.4, 0.5) is 5.82 Å². The van der Waals surface area contributed by atoms with E-state index in [0.717, 1.165) is 44.1 Å². The van der Waals surface area contributed by atoms with Gasteiger partial charge in [-0.25, -0.2) is 9.97 Å². The summed E-state index contributed by atoms with van der Waals surface area (Å²) in [5, 5.41) is 0.543. The van der Waals surface area contributed by atoms with Crippen LogP contribution in [-0.4, -0.2) is 47.6 Å². The lowest BCUT2D eigenvalue weighted by Gasteiger charge is -2.29. The van der Waals surface area contributed by atoms with Crippen molar-refractivity contribution in [2.75, 3.05) is 31.6 Å². The molecule has 2 rings (SSSR count). The van der Waals surface area contributed by atoms with Gasteiger partial charge in [0.15, 0.2) is 0 Å². The highest BCUT2D eigenvalue weighted by Crippen LogP contribution is 2.21. The SMILES string of the molecule is CCc1nc(Cl)cc(N2CCCN(C)CC2C)n1. The first-order chi connectivity index (χ1) is 8.60. The Labute approximate surface area is 114 Å². The Kier molecular flexibility index (Phi) is 4.40. The quantitative estimate of drug-likeness (QED) is 0.770. The van der Waals surface area contributed by atoms with Crippen molar-refractivity contribution in [3.05, 3.63) is 17.0 Å². The standard InChI is InChI=1S/C13H21ClN4/c1-4-12-15-11(14)8-13(16-12)18-7-5-6-17(3)9-10(18)2/h8,10H,4-7,9H2,1-3H3. The van der Waals surface area contributed by atoms with Crippen molar-refractivity contribution in [1.29, 1.82) is 0 Å². The number of rotatable bonds is 2. The number of aromatic nitrogens is 2. The van der Waals surface area contributed by atoms with Crippen molar-refractivity contribution < 1.29 is 0 Å². The van der Waals surface area contributed by atoms with Crippen molar-refractivity contribution in [3.63, 3.8) is 0 Å². The third-order valence-corrected chi connectivity index (χ3v) is 3.58. The maximum Gasteiger partial charge on any atom is 0.134 e. The van der Waals surface area contributed by atoms with Crippen LogP contribution in [0.3, 0.4) is 0 Å². The summed E-state index contributed by atoms with van der Waals surface area (Å²) < 4.78 is 0. The van der Waals surface area contributed by atoms with Gasteiger partial charge in [0.1, 0.15) is 16.8 Å². The highest BCUT2D eigenvalue weighted by molar-refractivity contribution is 6.29. The molecule has 0 amide bonds. The lowest BCUT2D eigenvalue weighted by atomic mass is 10.2. The van der Waals surface area contributed by atoms with Gasteiger partial charge in [0, 0.05) is 31.6 Å². The van der Waals surface area contributed by atoms with Gasteiger partial charge in [0.25, 0.3) is 0 Å². The Morgan fingerprint density at radius 2 is 2.17 bits per heavy atom. The van der Waals surface area contributed by atoms with E-state index < -0.39 is 0 Å².